The molecule has 0 saturated heterocycles. The van der Waals surface area contributed by atoms with E-state index in [0.29, 0.717) is 5.92 Å². The molecule has 0 bridgehead atoms. The number of fused-ring (bicyclic) bond motifs is 1. The van der Waals surface area contributed by atoms with E-state index < -0.39 is 11.0 Å². The third-order valence-electron chi connectivity index (χ3n) is 4.53. The van der Waals surface area contributed by atoms with Gasteiger partial charge in [-0.15, -0.1) is 0 Å². The van der Waals surface area contributed by atoms with E-state index in [1.165, 1.54) is 24.0 Å². The molecule has 0 spiro atoms. The molecule has 0 fully saturated rings. The summed E-state index contributed by atoms with van der Waals surface area (Å²) in [6, 6.07) is 8.46. The highest BCUT2D eigenvalue weighted by molar-refractivity contribution is 5.76. The first-order chi connectivity index (χ1) is 9.74. The Morgan fingerprint density at radius 3 is 2.57 bits per heavy atom. The molecule has 2 unspecified atom stereocenters. The van der Waals surface area contributed by atoms with E-state index in [-0.39, 0.29) is 5.97 Å². The molecule has 0 radical (unpaired) electrons. The van der Waals surface area contributed by atoms with Crippen LogP contribution in [0.5, 0.6) is 0 Å². The van der Waals surface area contributed by atoms with Gasteiger partial charge in [-0.3, -0.25) is 4.79 Å². The average Bonchev–Trinajstić information content (AvgIpc) is 2.41. The molecule has 2 heteroatoms. The summed E-state index contributed by atoms with van der Waals surface area (Å²) in [7, 11) is 0. The zero-order valence-corrected chi connectivity index (χ0v) is 14.0. The van der Waals surface area contributed by atoms with Crippen LogP contribution in [0.15, 0.2) is 24.3 Å². The Labute approximate surface area is 128 Å². The first kappa shape index (κ1) is 16.1. The van der Waals surface area contributed by atoms with Crippen molar-refractivity contribution in [1.82, 2.24) is 0 Å². The lowest BCUT2D eigenvalue weighted by molar-refractivity contribution is -0.170. The summed E-state index contributed by atoms with van der Waals surface area (Å²) < 4.78 is 6.01. The highest BCUT2D eigenvalue weighted by Crippen LogP contribution is 2.41. The second kappa shape index (κ2) is 5.82. The van der Waals surface area contributed by atoms with Gasteiger partial charge < -0.3 is 4.74 Å². The first-order valence-electron chi connectivity index (χ1n) is 8.07. The number of benzene rings is 1. The monoisotopic (exact) mass is 288 g/mol. The SMILES string of the molecule is CC1CCCCC(C)(OC(=O)C(C)(C)C)c2ccccc21. The quantitative estimate of drug-likeness (QED) is 0.666. The zero-order valence-electron chi connectivity index (χ0n) is 14.0. The van der Waals surface area contributed by atoms with Crippen LogP contribution >= 0.6 is 0 Å². The molecule has 1 aliphatic carbocycles. The fourth-order valence-electron chi connectivity index (χ4n) is 3.08. The third-order valence-corrected chi connectivity index (χ3v) is 4.53. The van der Waals surface area contributed by atoms with Crippen LogP contribution in [-0.2, 0) is 15.1 Å². The number of hydrogen-bond acceptors (Lipinski definition) is 2. The lowest BCUT2D eigenvalue weighted by Crippen LogP contribution is -2.36. The number of ether oxygens (including phenoxy) is 1. The van der Waals surface area contributed by atoms with Gasteiger partial charge in [-0.1, -0.05) is 37.6 Å². The van der Waals surface area contributed by atoms with Gasteiger partial charge in [0.1, 0.15) is 5.60 Å². The molecule has 116 valence electrons. The van der Waals surface area contributed by atoms with Crippen molar-refractivity contribution < 1.29 is 9.53 Å². The predicted octanol–water partition coefficient (Wildman–Crippen LogP) is 5.17. The van der Waals surface area contributed by atoms with E-state index in [1.807, 2.05) is 20.8 Å². The van der Waals surface area contributed by atoms with Crippen molar-refractivity contribution in [2.24, 2.45) is 5.41 Å². The van der Waals surface area contributed by atoms with Gasteiger partial charge in [-0.25, -0.2) is 0 Å². The molecular formula is C19H28O2. The Balaban J connectivity index is 2.41. The standard InChI is InChI=1S/C19H28O2/c1-14-10-8-9-13-19(5,21-17(20)18(2,3)4)16-12-7-6-11-15(14)16/h6-7,11-12,14H,8-10,13H2,1-5H3. The maximum absolute atomic E-state index is 12.4. The summed E-state index contributed by atoms with van der Waals surface area (Å²) in [6.45, 7) is 10.1. The summed E-state index contributed by atoms with van der Waals surface area (Å²) in [4.78, 5) is 12.4. The molecule has 2 rings (SSSR count). The summed E-state index contributed by atoms with van der Waals surface area (Å²) in [5, 5.41) is 0. The summed E-state index contributed by atoms with van der Waals surface area (Å²) in [5.74, 6) is 0.405. The smallest absolute Gasteiger partial charge is 0.312 e. The lowest BCUT2D eigenvalue weighted by atomic mass is 9.78. The van der Waals surface area contributed by atoms with Gasteiger partial charge in [0.15, 0.2) is 0 Å². The van der Waals surface area contributed by atoms with Crippen LogP contribution in [-0.4, -0.2) is 5.97 Å². The van der Waals surface area contributed by atoms with Crippen molar-refractivity contribution in [3.63, 3.8) is 0 Å². The summed E-state index contributed by atoms with van der Waals surface area (Å²) in [5.41, 5.74) is 1.55. The zero-order chi connectivity index (χ0) is 15.7. The first-order valence-corrected chi connectivity index (χ1v) is 8.07. The number of hydrogen-bond donors (Lipinski definition) is 0. The number of carbonyl (C=O) groups excluding carboxylic acids is 1. The molecule has 0 N–H and O–H groups in total. The predicted molar refractivity (Wildman–Crippen MR) is 86.2 cm³/mol. The van der Waals surface area contributed by atoms with Crippen molar-refractivity contribution in [2.75, 3.05) is 0 Å². The topological polar surface area (TPSA) is 26.3 Å². The minimum Gasteiger partial charge on any atom is -0.454 e. The van der Waals surface area contributed by atoms with E-state index in [0.717, 1.165) is 12.8 Å². The van der Waals surface area contributed by atoms with Crippen LogP contribution in [0, 0.1) is 5.41 Å². The fourth-order valence-corrected chi connectivity index (χ4v) is 3.08. The van der Waals surface area contributed by atoms with Crippen molar-refractivity contribution >= 4 is 5.97 Å². The van der Waals surface area contributed by atoms with E-state index >= 15 is 0 Å². The van der Waals surface area contributed by atoms with Crippen molar-refractivity contribution in [3.8, 4) is 0 Å². The molecule has 1 aromatic carbocycles. The molecule has 2 nitrogen and oxygen atoms in total. The molecule has 0 heterocycles. The fraction of sp³-hybridized carbons (Fsp3) is 0.632. The molecule has 21 heavy (non-hydrogen) atoms. The number of rotatable bonds is 1. The third kappa shape index (κ3) is 3.48. The van der Waals surface area contributed by atoms with E-state index in [9.17, 15) is 4.79 Å². The van der Waals surface area contributed by atoms with Crippen molar-refractivity contribution in [3.05, 3.63) is 35.4 Å². The van der Waals surface area contributed by atoms with Crippen molar-refractivity contribution in [1.29, 1.82) is 0 Å². The van der Waals surface area contributed by atoms with Crippen LogP contribution in [0.25, 0.3) is 0 Å². The Hall–Kier alpha value is -1.31. The largest absolute Gasteiger partial charge is 0.454 e. The molecule has 0 amide bonds. The second-order valence-corrected chi connectivity index (χ2v) is 7.60. The van der Waals surface area contributed by atoms with Crippen LogP contribution in [0.4, 0.5) is 0 Å². The molecule has 2 atom stereocenters. The molecule has 1 aliphatic rings. The van der Waals surface area contributed by atoms with Gasteiger partial charge >= 0.3 is 5.97 Å². The Kier molecular flexibility index (Phi) is 4.46. The molecule has 1 aromatic rings. The van der Waals surface area contributed by atoms with Gasteiger partial charge in [0.2, 0.25) is 0 Å². The minimum absolute atomic E-state index is 0.118. The average molecular weight is 288 g/mol. The molecule has 0 aromatic heterocycles. The Bertz CT molecular complexity index is 513. The molecule has 0 aliphatic heterocycles. The summed E-state index contributed by atoms with van der Waals surface area (Å²) in [6.07, 6.45) is 4.41. The normalized spacial score (nSPS) is 26.4. The van der Waals surface area contributed by atoms with Gasteiger partial charge in [0.25, 0.3) is 0 Å². The lowest BCUT2D eigenvalue weighted by Gasteiger charge is -2.37. The van der Waals surface area contributed by atoms with Crippen LogP contribution in [0.1, 0.15) is 77.3 Å². The highest BCUT2D eigenvalue weighted by atomic mass is 16.6. The minimum atomic E-state index is -0.504. The second-order valence-electron chi connectivity index (χ2n) is 7.60. The van der Waals surface area contributed by atoms with Crippen molar-refractivity contribution in [2.45, 2.75) is 71.8 Å². The Morgan fingerprint density at radius 1 is 1.24 bits per heavy atom. The van der Waals surface area contributed by atoms with Gasteiger partial charge in [-0.05, 0) is 64.0 Å². The maximum Gasteiger partial charge on any atom is 0.312 e. The maximum atomic E-state index is 12.4. The van der Waals surface area contributed by atoms with E-state index in [4.69, 9.17) is 4.74 Å². The van der Waals surface area contributed by atoms with Crippen LogP contribution in [0.2, 0.25) is 0 Å². The Morgan fingerprint density at radius 2 is 1.90 bits per heavy atom. The molecular weight excluding hydrogens is 260 g/mol. The van der Waals surface area contributed by atoms with Crippen LogP contribution in [0.3, 0.4) is 0 Å². The summed E-state index contributed by atoms with van der Waals surface area (Å²) >= 11 is 0. The van der Waals surface area contributed by atoms with E-state index in [1.54, 1.807) is 0 Å². The molecule has 0 saturated carbocycles. The van der Waals surface area contributed by atoms with Gasteiger partial charge in [0.05, 0.1) is 5.41 Å². The van der Waals surface area contributed by atoms with Gasteiger partial charge in [-0.2, -0.15) is 0 Å². The number of esters is 1. The van der Waals surface area contributed by atoms with E-state index in [2.05, 4.69) is 38.1 Å². The van der Waals surface area contributed by atoms with Crippen LogP contribution < -0.4 is 0 Å². The number of carbonyl (C=O) groups is 1. The highest BCUT2D eigenvalue weighted by Gasteiger charge is 2.37. The van der Waals surface area contributed by atoms with Gasteiger partial charge in [0, 0.05) is 0 Å².